The molecule has 1 fully saturated rings. The summed E-state index contributed by atoms with van der Waals surface area (Å²) in [6, 6.07) is 8.27. The minimum Gasteiger partial charge on any atom is -0.392 e. The quantitative estimate of drug-likeness (QED) is 0.880. The molecule has 0 aromatic heterocycles. The second-order valence-corrected chi connectivity index (χ2v) is 6.48. The van der Waals surface area contributed by atoms with Crippen molar-refractivity contribution in [3.05, 3.63) is 34.3 Å². The Balaban J connectivity index is 2.02. The summed E-state index contributed by atoms with van der Waals surface area (Å²) in [5, 5.41) is 10.5. The van der Waals surface area contributed by atoms with Crippen LogP contribution in [0.4, 0.5) is 0 Å². The van der Waals surface area contributed by atoms with Gasteiger partial charge in [-0.05, 0) is 42.4 Å². The van der Waals surface area contributed by atoms with Gasteiger partial charge in [0.15, 0.2) is 0 Å². The summed E-state index contributed by atoms with van der Waals surface area (Å²) < 4.78 is 1.09. The van der Waals surface area contributed by atoms with E-state index >= 15 is 0 Å². The Kier molecular flexibility index (Phi) is 4.26. The molecule has 0 saturated heterocycles. The van der Waals surface area contributed by atoms with E-state index in [1.54, 1.807) is 0 Å². The second-order valence-electron chi connectivity index (χ2n) is 5.56. The molecule has 2 rings (SSSR count). The van der Waals surface area contributed by atoms with E-state index in [2.05, 4.69) is 35.0 Å². The van der Waals surface area contributed by atoms with Crippen LogP contribution >= 0.6 is 15.9 Å². The van der Waals surface area contributed by atoms with Gasteiger partial charge in [0, 0.05) is 4.47 Å². The molecule has 1 unspecified atom stereocenters. The van der Waals surface area contributed by atoms with Crippen molar-refractivity contribution in [2.75, 3.05) is 0 Å². The van der Waals surface area contributed by atoms with Crippen LogP contribution in [0.5, 0.6) is 0 Å². The summed E-state index contributed by atoms with van der Waals surface area (Å²) in [7, 11) is 0. The lowest BCUT2D eigenvalue weighted by molar-refractivity contribution is 0.0104. The van der Waals surface area contributed by atoms with E-state index < -0.39 is 0 Å². The van der Waals surface area contributed by atoms with Crippen molar-refractivity contribution >= 4 is 15.9 Å². The lowest BCUT2D eigenvalue weighted by atomic mass is 9.70. The molecule has 2 heteroatoms. The summed E-state index contributed by atoms with van der Waals surface area (Å²) >= 11 is 3.48. The molecular formula is C15H21BrO. The maximum Gasteiger partial charge on any atom is 0.0634 e. The number of benzene rings is 1. The van der Waals surface area contributed by atoms with Crippen molar-refractivity contribution in [2.45, 2.75) is 51.6 Å². The molecule has 1 aliphatic rings. The Bertz CT molecular complexity index is 369. The molecule has 17 heavy (non-hydrogen) atoms. The van der Waals surface area contributed by atoms with E-state index in [9.17, 15) is 5.11 Å². The predicted molar refractivity (Wildman–Crippen MR) is 75.0 cm³/mol. The first-order valence-corrected chi connectivity index (χ1v) is 7.32. The van der Waals surface area contributed by atoms with Crippen molar-refractivity contribution in [2.24, 2.45) is 5.41 Å². The van der Waals surface area contributed by atoms with Gasteiger partial charge in [-0.25, -0.2) is 0 Å². The lowest BCUT2D eigenvalue weighted by Gasteiger charge is -2.38. The zero-order chi connectivity index (χ0) is 12.3. The van der Waals surface area contributed by atoms with Crippen LogP contribution in [0.3, 0.4) is 0 Å². The smallest absolute Gasteiger partial charge is 0.0634 e. The maximum atomic E-state index is 10.5. The largest absolute Gasteiger partial charge is 0.392 e. The summed E-state index contributed by atoms with van der Waals surface area (Å²) in [5.41, 5.74) is 1.35. The van der Waals surface area contributed by atoms with E-state index in [-0.39, 0.29) is 11.5 Å². The Morgan fingerprint density at radius 2 is 2.00 bits per heavy atom. The highest BCUT2D eigenvalue weighted by molar-refractivity contribution is 9.10. The summed E-state index contributed by atoms with van der Waals surface area (Å²) in [4.78, 5) is 0. The zero-order valence-electron chi connectivity index (χ0n) is 10.5. The van der Waals surface area contributed by atoms with Gasteiger partial charge >= 0.3 is 0 Å². The fourth-order valence-corrected chi connectivity index (χ4v) is 3.27. The molecule has 0 aliphatic heterocycles. The van der Waals surface area contributed by atoms with E-state index in [0.717, 1.165) is 10.9 Å². The first-order valence-electron chi connectivity index (χ1n) is 6.53. The molecule has 94 valence electrons. The first-order chi connectivity index (χ1) is 8.10. The van der Waals surface area contributed by atoms with Crippen LogP contribution in [0, 0.1) is 5.41 Å². The summed E-state index contributed by atoms with van der Waals surface area (Å²) in [6.07, 6.45) is 6.77. The van der Waals surface area contributed by atoms with Gasteiger partial charge in [0.1, 0.15) is 0 Å². The van der Waals surface area contributed by atoms with Crippen molar-refractivity contribution in [3.8, 4) is 0 Å². The minimum atomic E-state index is -0.211. The molecule has 1 nitrogen and oxygen atoms in total. The van der Waals surface area contributed by atoms with Gasteiger partial charge in [-0.3, -0.25) is 0 Å². The molecular weight excluding hydrogens is 276 g/mol. The normalized spacial score (nSPS) is 21.1. The number of halogens is 1. The van der Waals surface area contributed by atoms with Crippen molar-refractivity contribution in [3.63, 3.8) is 0 Å². The van der Waals surface area contributed by atoms with Crippen LogP contribution in [0.2, 0.25) is 0 Å². The third kappa shape index (κ3) is 3.32. The summed E-state index contributed by atoms with van der Waals surface area (Å²) in [5.74, 6) is 0. The standard InChI is InChI=1S/C15H21BrO/c1-15(8-3-2-4-9-15)14(17)11-12-6-5-7-13(16)10-12/h5-7,10,14,17H,2-4,8-9,11H2,1H3. The Morgan fingerprint density at radius 3 is 2.65 bits per heavy atom. The van der Waals surface area contributed by atoms with E-state index in [1.807, 2.05) is 12.1 Å². The maximum absolute atomic E-state index is 10.5. The molecule has 1 aliphatic carbocycles. The highest BCUT2D eigenvalue weighted by Gasteiger charge is 2.34. The summed E-state index contributed by atoms with van der Waals surface area (Å²) in [6.45, 7) is 2.24. The molecule has 0 radical (unpaired) electrons. The van der Waals surface area contributed by atoms with Gasteiger partial charge in [0.2, 0.25) is 0 Å². The van der Waals surface area contributed by atoms with Gasteiger partial charge in [-0.15, -0.1) is 0 Å². The second kappa shape index (κ2) is 5.53. The topological polar surface area (TPSA) is 20.2 Å². The van der Waals surface area contributed by atoms with E-state index in [4.69, 9.17) is 0 Å². The van der Waals surface area contributed by atoms with Gasteiger partial charge in [-0.2, -0.15) is 0 Å². The first kappa shape index (κ1) is 13.1. The number of hydrogen-bond donors (Lipinski definition) is 1. The predicted octanol–water partition coefficient (Wildman–Crippen LogP) is 4.32. The highest BCUT2D eigenvalue weighted by Crippen LogP contribution is 2.39. The van der Waals surface area contributed by atoms with Crippen molar-refractivity contribution < 1.29 is 5.11 Å². The number of rotatable bonds is 3. The van der Waals surface area contributed by atoms with E-state index in [0.29, 0.717) is 0 Å². The monoisotopic (exact) mass is 296 g/mol. The lowest BCUT2D eigenvalue weighted by Crippen LogP contribution is -2.35. The van der Waals surface area contributed by atoms with Gasteiger partial charge < -0.3 is 5.11 Å². The van der Waals surface area contributed by atoms with Gasteiger partial charge in [-0.1, -0.05) is 54.2 Å². The zero-order valence-corrected chi connectivity index (χ0v) is 12.0. The van der Waals surface area contributed by atoms with Gasteiger partial charge in [0.25, 0.3) is 0 Å². The third-order valence-corrected chi connectivity index (χ3v) is 4.61. The average Bonchev–Trinajstić information content (AvgIpc) is 2.30. The molecule has 0 spiro atoms. The molecule has 0 amide bonds. The van der Waals surface area contributed by atoms with Crippen LogP contribution in [0.25, 0.3) is 0 Å². The van der Waals surface area contributed by atoms with Gasteiger partial charge in [0.05, 0.1) is 6.10 Å². The molecule has 1 saturated carbocycles. The van der Waals surface area contributed by atoms with E-state index in [1.165, 1.54) is 37.7 Å². The van der Waals surface area contributed by atoms with Crippen LogP contribution in [0.1, 0.15) is 44.6 Å². The molecule has 1 N–H and O–H groups in total. The number of aliphatic hydroxyl groups excluding tert-OH is 1. The Morgan fingerprint density at radius 1 is 1.29 bits per heavy atom. The van der Waals surface area contributed by atoms with Crippen LogP contribution in [-0.2, 0) is 6.42 Å². The molecule has 0 bridgehead atoms. The molecule has 1 aromatic rings. The van der Waals surface area contributed by atoms with Crippen molar-refractivity contribution in [1.82, 2.24) is 0 Å². The van der Waals surface area contributed by atoms with Crippen LogP contribution in [0.15, 0.2) is 28.7 Å². The molecule has 0 heterocycles. The van der Waals surface area contributed by atoms with Crippen LogP contribution < -0.4 is 0 Å². The fourth-order valence-electron chi connectivity index (χ4n) is 2.83. The highest BCUT2D eigenvalue weighted by atomic mass is 79.9. The Labute approximate surface area is 112 Å². The number of aliphatic hydroxyl groups is 1. The minimum absolute atomic E-state index is 0.126. The third-order valence-electron chi connectivity index (χ3n) is 4.12. The Hall–Kier alpha value is -0.340. The SMILES string of the molecule is CC1(C(O)Cc2cccc(Br)c2)CCCCC1. The van der Waals surface area contributed by atoms with Crippen LogP contribution in [-0.4, -0.2) is 11.2 Å². The molecule has 1 aromatic carbocycles. The molecule has 1 atom stereocenters. The fraction of sp³-hybridized carbons (Fsp3) is 0.600. The average molecular weight is 297 g/mol. The van der Waals surface area contributed by atoms with Crippen molar-refractivity contribution in [1.29, 1.82) is 0 Å². The number of hydrogen-bond acceptors (Lipinski definition) is 1.